The van der Waals surface area contributed by atoms with Gasteiger partial charge in [0.25, 0.3) is 5.69 Å². The lowest BCUT2D eigenvalue weighted by atomic mass is 10.1. The number of rotatable bonds is 7. The largest absolute Gasteiger partial charge is 0.326 e. The fraction of sp³-hybridized carbons (Fsp3) is 0.350. The second-order valence-electron chi connectivity index (χ2n) is 7.18. The van der Waals surface area contributed by atoms with Gasteiger partial charge in [0.05, 0.1) is 16.2 Å². The molecule has 3 rings (SSSR count). The average molecular weight is 450 g/mol. The molecule has 166 valence electrons. The summed E-state index contributed by atoms with van der Waals surface area (Å²) in [6.45, 7) is 3.20. The Balaban J connectivity index is 1.52. The van der Waals surface area contributed by atoms with Gasteiger partial charge in [0.1, 0.15) is 10.7 Å². The maximum absolute atomic E-state index is 13.9. The van der Waals surface area contributed by atoms with Crippen LogP contribution in [0, 0.1) is 22.9 Å². The van der Waals surface area contributed by atoms with E-state index in [9.17, 15) is 27.7 Å². The SMILES string of the molecule is Cc1c(NC(=O)CCN2CCN(S(=O)(=O)c3ccccc3F)CC2)cccc1[N+](=O)[O-]. The third-order valence-electron chi connectivity index (χ3n) is 5.22. The molecule has 31 heavy (non-hydrogen) atoms. The van der Waals surface area contributed by atoms with Crippen LogP contribution >= 0.6 is 0 Å². The minimum absolute atomic E-state index is 0.0648. The summed E-state index contributed by atoms with van der Waals surface area (Å²) < 4.78 is 40.4. The van der Waals surface area contributed by atoms with Gasteiger partial charge in [0.2, 0.25) is 15.9 Å². The van der Waals surface area contributed by atoms with E-state index in [0.717, 1.165) is 6.07 Å². The van der Waals surface area contributed by atoms with Crippen LogP contribution in [-0.2, 0) is 14.8 Å². The summed E-state index contributed by atoms with van der Waals surface area (Å²) in [5.41, 5.74) is 0.706. The molecule has 0 saturated carbocycles. The smallest absolute Gasteiger partial charge is 0.274 e. The first kappa shape index (κ1) is 22.8. The number of hydrogen-bond donors (Lipinski definition) is 1. The second kappa shape index (κ2) is 9.50. The van der Waals surface area contributed by atoms with E-state index in [-0.39, 0.29) is 36.0 Å². The topological polar surface area (TPSA) is 113 Å². The Labute approximate surface area is 179 Å². The van der Waals surface area contributed by atoms with Gasteiger partial charge in [-0.2, -0.15) is 4.31 Å². The molecular weight excluding hydrogens is 427 g/mol. The minimum Gasteiger partial charge on any atom is -0.326 e. The molecule has 1 aliphatic heterocycles. The normalized spacial score (nSPS) is 15.5. The molecule has 1 N–H and O–H groups in total. The van der Waals surface area contributed by atoms with Gasteiger partial charge in [0.15, 0.2) is 0 Å². The van der Waals surface area contributed by atoms with E-state index >= 15 is 0 Å². The maximum Gasteiger partial charge on any atom is 0.274 e. The van der Waals surface area contributed by atoms with Crippen LogP contribution in [0.15, 0.2) is 47.4 Å². The molecule has 1 heterocycles. The molecule has 0 spiro atoms. The highest BCUT2D eigenvalue weighted by Crippen LogP contribution is 2.25. The van der Waals surface area contributed by atoms with Crippen molar-refractivity contribution in [3.63, 3.8) is 0 Å². The van der Waals surface area contributed by atoms with Crippen LogP contribution in [0.4, 0.5) is 15.8 Å². The van der Waals surface area contributed by atoms with Crippen molar-refractivity contribution in [2.75, 3.05) is 38.0 Å². The molecule has 1 fully saturated rings. The lowest BCUT2D eigenvalue weighted by Gasteiger charge is -2.33. The molecule has 0 atom stereocenters. The third kappa shape index (κ3) is 5.24. The van der Waals surface area contributed by atoms with Crippen LogP contribution in [-0.4, -0.2) is 61.2 Å². The number of carbonyl (C=O) groups excluding carboxylic acids is 1. The number of amides is 1. The summed E-state index contributed by atoms with van der Waals surface area (Å²) in [5, 5.41) is 13.7. The number of nitro benzene ring substituents is 1. The van der Waals surface area contributed by atoms with Gasteiger partial charge in [-0.15, -0.1) is 0 Å². The first-order chi connectivity index (χ1) is 14.7. The number of hydrogen-bond acceptors (Lipinski definition) is 6. The first-order valence-electron chi connectivity index (χ1n) is 9.71. The molecule has 1 saturated heterocycles. The van der Waals surface area contributed by atoms with Crippen LogP contribution in [0.5, 0.6) is 0 Å². The summed E-state index contributed by atoms with van der Waals surface area (Å²) in [6.07, 6.45) is 0.155. The van der Waals surface area contributed by atoms with Gasteiger partial charge in [-0.3, -0.25) is 14.9 Å². The number of nitrogens with zero attached hydrogens (tertiary/aromatic N) is 3. The first-order valence-corrected chi connectivity index (χ1v) is 11.1. The van der Waals surface area contributed by atoms with Gasteiger partial charge < -0.3 is 10.2 Å². The lowest BCUT2D eigenvalue weighted by Crippen LogP contribution is -2.49. The Morgan fingerprint density at radius 3 is 2.45 bits per heavy atom. The van der Waals surface area contributed by atoms with Crippen molar-refractivity contribution in [2.45, 2.75) is 18.2 Å². The predicted molar refractivity (Wildman–Crippen MR) is 113 cm³/mol. The van der Waals surface area contributed by atoms with Crippen LogP contribution in [0.3, 0.4) is 0 Å². The van der Waals surface area contributed by atoms with E-state index in [1.165, 1.54) is 34.6 Å². The summed E-state index contributed by atoms with van der Waals surface area (Å²) >= 11 is 0. The standard InChI is InChI=1S/C20H23FN4O5S/c1-15-17(6-4-7-18(15)25(27)28)22-20(26)9-10-23-11-13-24(14-12-23)31(29,30)19-8-3-2-5-16(19)21/h2-8H,9-14H2,1H3,(H,22,26). The molecule has 11 heteroatoms. The molecule has 0 unspecified atom stereocenters. The van der Waals surface area contributed by atoms with Crippen molar-refractivity contribution in [3.05, 3.63) is 64.0 Å². The quantitative estimate of drug-likeness (QED) is 0.512. The van der Waals surface area contributed by atoms with Gasteiger partial charge in [-0.1, -0.05) is 18.2 Å². The Bertz CT molecular complexity index is 1080. The Morgan fingerprint density at radius 1 is 1.13 bits per heavy atom. The number of sulfonamides is 1. The number of anilines is 1. The summed E-state index contributed by atoms with van der Waals surface area (Å²) in [5.74, 6) is -1.07. The Morgan fingerprint density at radius 2 is 1.81 bits per heavy atom. The van der Waals surface area contributed by atoms with E-state index in [1.54, 1.807) is 13.0 Å². The van der Waals surface area contributed by atoms with Crippen molar-refractivity contribution in [1.29, 1.82) is 0 Å². The molecule has 0 aliphatic carbocycles. The van der Waals surface area contributed by atoms with E-state index in [1.807, 2.05) is 4.90 Å². The summed E-state index contributed by atoms with van der Waals surface area (Å²) in [7, 11) is -3.91. The monoisotopic (exact) mass is 450 g/mol. The summed E-state index contributed by atoms with van der Waals surface area (Å²) in [6, 6.07) is 9.77. The molecule has 2 aromatic carbocycles. The number of nitro groups is 1. The third-order valence-corrected chi connectivity index (χ3v) is 7.15. The van der Waals surface area contributed by atoms with E-state index in [4.69, 9.17) is 0 Å². The molecule has 1 amide bonds. The number of carbonyl (C=O) groups is 1. The molecule has 9 nitrogen and oxygen atoms in total. The highest BCUT2D eigenvalue weighted by molar-refractivity contribution is 7.89. The number of nitrogens with one attached hydrogen (secondary N) is 1. The molecule has 0 radical (unpaired) electrons. The number of benzene rings is 2. The lowest BCUT2D eigenvalue weighted by molar-refractivity contribution is -0.385. The number of halogens is 1. The predicted octanol–water partition coefficient (Wildman–Crippen LogP) is 2.38. The van der Waals surface area contributed by atoms with E-state index < -0.39 is 20.8 Å². The highest BCUT2D eigenvalue weighted by Gasteiger charge is 2.30. The number of piperazine rings is 1. The Kier molecular flexibility index (Phi) is 6.98. The fourth-order valence-corrected chi connectivity index (χ4v) is 4.90. The van der Waals surface area contributed by atoms with Gasteiger partial charge >= 0.3 is 0 Å². The fourth-order valence-electron chi connectivity index (χ4n) is 3.42. The van der Waals surface area contributed by atoms with E-state index in [2.05, 4.69) is 5.32 Å². The van der Waals surface area contributed by atoms with Gasteiger partial charge in [0, 0.05) is 45.2 Å². The summed E-state index contributed by atoms with van der Waals surface area (Å²) in [4.78, 5) is 24.4. The zero-order valence-corrected chi connectivity index (χ0v) is 17.8. The van der Waals surface area contributed by atoms with Gasteiger partial charge in [-0.25, -0.2) is 12.8 Å². The van der Waals surface area contributed by atoms with Crippen LogP contribution < -0.4 is 5.32 Å². The highest BCUT2D eigenvalue weighted by atomic mass is 32.2. The second-order valence-corrected chi connectivity index (χ2v) is 9.09. The maximum atomic E-state index is 13.9. The van der Waals surface area contributed by atoms with Crippen molar-refractivity contribution in [3.8, 4) is 0 Å². The zero-order chi connectivity index (χ0) is 22.6. The Hall–Kier alpha value is -2.89. The molecule has 0 bridgehead atoms. The van der Waals surface area contributed by atoms with Crippen molar-refractivity contribution >= 4 is 27.3 Å². The molecule has 0 aromatic heterocycles. The average Bonchev–Trinajstić information content (AvgIpc) is 2.74. The molecule has 1 aliphatic rings. The van der Waals surface area contributed by atoms with Crippen LogP contribution in [0.2, 0.25) is 0 Å². The van der Waals surface area contributed by atoms with Crippen molar-refractivity contribution in [2.24, 2.45) is 0 Å². The van der Waals surface area contributed by atoms with Crippen LogP contribution in [0.25, 0.3) is 0 Å². The molecular formula is C20H23FN4O5S. The molecule has 2 aromatic rings. The van der Waals surface area contributed by atoms with Crippen molar-refractivity contribution < 1.29 is 22.5 Å². The van der Waals surface area contributed by atoms with Gasteiger partial charge in [-0.05, 0) is 25.1 Å². The minimum atomic E-state index is -3.91. The van der Waals surface area contributed by atoms with Crippen molar-refractivity contribution in [1.82, 2.24) is 9.21 Å². The van der Waals surface area contributed by atoms with E-state index in [0.29, 0.717) is 30.9 Å². The van der Waals surface area contributed by atoms with Crippen LogP contribution in [0.1, 0.15) is 12.0 Å². The zero-order valence-electron chi connectivity index (χ0n) is 17.0.